The maximum atomic E-state index is 14.8. The molecule has 1 aromatic carbocycles. The number of halogens is 2. The van der Waals surface area contributed by atoms with Crippen LogP contribution < -0.4 is 0 Å². The second kappa shape index (κ2) is 8.10. The number of benzene rings is 1. The van der Waals surface area contributed by atoms with Crippen molar-refractivity contribution in [3.63, 3.8) is 0 Å². The fourth-order valence-corrected chi connectivity index (χ4v) is 2.72. The third kappa shape index (κ3) is 4.24. The summed E-state index contributed by atoms with van der Waals surface area (Å²) < 4.78 is 29.6. The van der Waals surface area contributed by atoms with Crippen molar-refractivity contribution in [2.24, 2.45) is 10.1 Å². The summed E-state index contributed by atoms with van der Waals surface area (Å²) in [7, 11) is 0. The Labute approximate surface area is 166 Å². The number of hydrogen-bond donors (Lipinski definition) is 1. The monoisotopic (exact) mass is 396 g/mol. The van der Waals surface area contributed by atoms with E-state index >= 15 is 0 Å². The molecule has 1 N–H and O–H groups in total. The Morgan fingerprint density at radius 3 is 2.79 bits per heavy atom. The van der Waals surface area contributed by atoms with Gasteiger partial charge in [-0.25, -0.2) is 5.10 Å². The van der Waals surface area contributed by atoms with Crippen LogP contribution in [-0.2, 0) is 12.5 Å². The third-order valence-electron chi connectivity index (χ3n) is 4.44. The predicted octanol–water partition coefficient (Wildman–Crippen LogP) is 2.87. The Bertz CT molecular complexity index is 1040. The number of alkyl halides is 2. The van der Waals surface area contributed by atoms with Crippen LogP contribution in [0, 0.1) is 18.3 Å². The molecule has 0 atom stereocenters. The maximum absolute atomic E-state index is 14.8. The molecule has 8 nitrogen and oxygen atoms in total. The summed E-state index contributed by atoms with van der Waals surface area (Å²) in [5, 5.41) is 27.2. The zero-order valence-electron chi connectivity index (χ0n) is 15.9. The van der Waals surface area contributed by atoms with Gasteiger partial charge in [0, 0.05) is 0 Å². The summed E-state index contributed by atoms with van der Waals surface area (Å²) in [6.07, 6.45) is 2.61. The molecule has 0 bridgehead atoms. The summed E-state index contributed by atoms with van der Waals surface area (Å²) in [5.74, 6) is -4.23. The second-order valence-electron chi connectivity index (χ2n) is 6.43. The Morgan fingerprint density at radius 1 is 1.31 bits per heavy atom. The highest BCUT2D eigenvalue weighted by Gasteiger charge is 2.41. The highest BCUT2D eigenvalue weighted by molar-refractivity contribution is 6.05. The standard InChI is InChI=1S/C19H18F2N8/c1-12-7-8-17(19(20,21)18-24-27-28-25-18)23-11-29(26-14(12)3)10-16-13(2)5-4-6-15(16)9-22/h4-8H,1,10-11H2,2-3H3,(H,24,25,27,28)/b8-7-,23-17+,26-14-. The first kappa shape index (κ1) is 20.0. The number of nitrogens with zero attached hydrogens (tertiary/aromatic N) is 7. The molecule has 0 unspecified atom stereocenters. The van der Waals surface area contributed by atoms with Gasteiger partial charge in [-0.05, 0) is 53.1 Å². The average Bonchev–Trinajstić information content (AvgIpc) is 3.25. The van der Waals surface area contributed by atoms with Gasteiger partial charge in [0.2, 0.25) is 5.82 Å². The predicted molar refractivity (Wildman–Crippen MR) is 103 cm³/mol. The van der Waals surface area contributed by atoms with E-state index in [2.05, 4.69) is 43.4 Å². The van der Waals surface area contributed by atoms with Gasteiger partial charge in [-0.15, -0.1) is 5.10 Å². The molecule has 0 spiro atoms. The van der Waals surface area contributed by atoms with E-state index < -0.39 is 17.5 Å². The fraction of sp³-hybridized carbons (Fsp3) is 0.263. The number of hydrazone groups is 1. The van der Waals surface area contributed by atoms with E-state index in [-0.39, 0.29) is 13.2 Å². The van der Waals surface area contributed by atoms with Crippen LogP contribution >= 0.6 is 0 Å². The molecular weight excluding hydrogens is 378 g/mol. The number of hydrogen-bond acceptors (Lipinski definition) is 7. The molecule has 2 aromatic rings. The van der Waals surface area contributed by atoms with Gasteiger partial charge in [-0.1, -0.05) is 24.8 Å². The summed E-state index contributed by atoms with van der Waals surface area (Å²) >= 11 is 0. The zero-order chi connectivity index (χ0) is 21.0. The van der Waals surface area contributed by atoms with Crippen molar-refractivity contribution in [2.45, 2.75) is 26.3 Å². The third-order valence-corrected chi connectivity index (χ3v) is 4.44. The van der Waals surface area contributed by atoms with Crippen molar-refractivity contribution in [3.8, 4) is 6.07 Å². The molecule has 2 heterocycles. The molecule has 29 heavy (non-hydrogen) atoms. The summed E-state index contributed by atoms with van der Waals surface area (Å²) in [5.41, 5.74) is 2.63. The molecule has 0 amide bonds. The summed E-state index contributed by atoms with van der Waals surface area (Å²) in [6, 6.07) is 7.52. The van der Waals surface area contributed by atoms with Gasteiger partial charge in [-0.2, -0.15) is 19.1 Å². The van der Waals surface area contributed by atoms with Crippen LogP contribution in [0.2, 0.25) is 0 Å². The number of rotatable bonds is 4. The fourth-order valence-electron chi connectivity index (χ4n) is 2.72. The van der Waals surface area contributed by atoms with E-state index in [9.17, 15) is 14.0 Å². The van der Waals surface area contributed by atoms with Crippen LogP contribution in [0.4, 0.5) is 8.78 Å². The van der Waals surface area contributed by atoms with Gasteiger partial charge in [0.15, 0.2) is 0 Å². The first-order valence-electron chi connectivity index (χ1n) is 8.66. The molecule has 1 aliphatic heterocycles. The first-order chi connectivity index (χ1) is 13.8. The van der Waals surface area contributed by atoms with Crippen molar-refractivity contribution in [3.05, 3.63) is 65.0 Å². The highest BCUT2D eigenvalue weighted by atomic mass is 19.3. The molecule has 1 aromatic heterocycles. The second-order valence-corrected chi connectivity index (χ2v) is 6.43. The van der Waals surface area contributed by atoms with Crippen LogP contribution in [0.3, 0.4) is 0 Å². The van der Waals surface area contributed by atoms with E-state index in [1.165, 1.54) is 17.2 Å². The highest BCUT2D eigenvalue weighted by Crippen LogP contribution is 2.28. The molecule has 1 aliphatic rings. The lowest BCUT2D eigenvalue weighted by molar-refractivity contribution is 0.0659. The number of nitriles is 1. The molecule has 0 fully saturated rings. The number of nitrogens with one attached hydrogen (secondary N) is 1. The number of aromatic amines is 1. The Hall–Kier alpha value is -3.74. The lowest BCUT2D eigenvalue weighted by Crippen LogP contribution is -2.28. The molecule has 0 radical (unpaired) electrons. The normalized spacial score (nSPS) is 19.8. The first-order valence-corrected chi connectivity index (χ1v) is 8.66. The average molecular weight is 396 g/mol. The van der Waals surface area contributed by atoms with E-state index in [0.29, 0.717) is 16.8 Å². The topological polar surface area (TPSA) is 106 Å². The number of aromatic nitrogens is 4. The molecule has 0 saturated carbocycles. The molecular formula is C19H18F2N8. The van der Waals surface area contributed by atoms with Gasteiger partial charge >= 0.3 is 5.92 Å². The number of allylic oxidation sites excluding steroid dienone is 3. The van der Waals surface area contributed by atoms with Crippen molar-refractivity contribution in [1.82, 2.24) is 25.6 Å². The van der Waals surface area contributed by atoms with E-state index in [4.69, 9.17) is 0 Å². The van der Waals surface area contributed by atoms with Crippen LogP contribution in [0.25, 0.3) is 0 Å². The maximum Gasteiger partial charge on any atom is 0.349 e. The van der Waals surface area contributed by atoms with Gasteiger partial charge in [-0.3, -0.25) is 10.0 Å². The molecule has 3 rings (SSSR count). The Balaban J connectivity index is 1.98. The lowest BCUT2D eigenvalue weighted by Gasteiger charge is -2.21. The number of H-pyrrole nitrogens is 1. The lowest BCUT2D eigenvalue weighted by atomic mass is 10.0. The van der Waals surface area contributed by atoms with Crippen LogP contribution in [0.15, 0.2) is 52.6 Å². The largest absolute Gasteiger partial charge is 0.349 e. The number of aryl methyl sites for hydroxylation is 1. The van der Waals surface area contributed by atoms with Crippen LogP contribution in [-0.4, -0.2) is 43.7 Å². The van der Waals surface area contributed by atoms with Crippen molar-refractivity contribution >= 4 is 11.4 Å². The Morgan fingerprint density at radius 2 is 2.10 bits per heavy atom. The van der Waals surface area contributed by atoms with Gasteiger partial charge in [0.25, 0.3) is 0 Å². The molecule has 10 heteroatoms. The quantitative estimate of drug-likeness (QED) is 0.855. The number of aliphatic imine (C=N–C) groups is 1. The van der Waals surface area contributed by atoms with Gasteiger partial charge < -0.3 is 0 Å². The number of tetrazole rings is 1. The summed E-state index contributed by atoms with van der Waals surface area (Å²) in [4.78, 5) is 4.06. The van der Waals surface area contributed by atoms with Crippen molar-refractivity contribution < 1.29 is 8.78 Å². The van der Waals surface area contributed by atoms with E-state index in [1.807, 2.05) is 13.0 Å². The van der Waals surface area contributed by atoms with Gasteiger partial charge in [0.05, 0.1) is 23.9 Å². The van der Waals surface area contributed by atoms with Gasteiger partial charge in [0.1, 0.15) is 12.4 Å². The molecule has 0 saturated heterocycles. The molecule has 0 aliphatic carbocycles. The van der Waals surface area contributed by atoms with Crippen LogP contribution in [0.1, 0.15) is 29.4 Å². The SMILES string of the molecule is C=C1/C=C\C(C(F)(F)c2nnn[nH]2)=N/CN(Cc2c(C)cccc2C#N)/N=C\1C. The zero-order valence-corrected chi connectivity index (χ0v) is 15.9. The minimum absolute atomic E-state index is 0.152. The van der Waals surface area contributed by atoms with E-state index in [0.717, 1.165) is 11.1 Å². The van der Waals surface area contributed by atoms with Crippen molar-refractivity contribution in [1.29, 1.82) is 5.26 Å². The van der Waals surface area contributed by atoms with E-state index in [1.54, 1.807) is 19.1 Å². The summed E-state index contributed by atoms with van der Waals surface area (Å²) in [6.45, 7) is 7.55. The van der Waals surface area contributed by atoms with Crippen molar-refractivity contribution in [2.75, 3.05) is 6.67 Å². The minimum Gasteiger partial charge on any atom is -0.271 e. The smallest absolute Gasteiger partial charge is 0.271 e. The molecule has 148 valence electrons. The Kier molecular flexibility index (Phi) is 5.59. The van der Waals surface area contributed by atoms with Crippen LogP contribution in [0.5, 0.6) is 0 Å². The minimum atomic E-state index is -3.52.